The summed E-state index contributed by atoms with van der Waals surface area (Å²) in [6.45, 7) is 3.35. The third-order valence-corrected chi connectivity index (χ3v) is 5.94. The summed E-state index contributed by atoms with van der Waals surface area (Å²) < 4.78 is 0. The minimum Gasteiger partial charge on any atom is -0.357 e. The summed E-state index contributed by atoms with van der Waals surface area (Å²) in [5.74, 6) is 2.90. The number of amidine groups is 1. The highest BCUT2D eigenvalue weighted by molar-refractivity contribution is 8.14. The first-order valence-corrected chi connectivity index (χ1v) is 9.32. The van der Waals surface area contributed by atoms with Crippen LogP contribution < -0.4 is 5.32 Å². The largest absolute Gasteiger partial charge is 0.357 e. The van der Waals surface area contributed by atoms with Crippen molar-refractivity contribution in [3.05, 3.63) is 35.9 Å². The van der Waals surface area contributed by atoms with Gasteiger partial charge in [0, 0.05) is 12.3 Å². The zero-order valence-corrected chi connectivity index (χ0v) is 13.7. The molecular weight excluding hydrogens is 276 g/mol. The second kappa shape index (κ2) is 7.35. The second-order valence-corrected chi connectivity index (χ2v) is 7.37. The van der Waals surface area contributed by atoms with Gasteiger partial charge in [0.25, 0.3) is 0 Å². The zero-order chi connectivity index (χ0) is 14.5. The Morgan fingerprint density at radius 3 is 2.52 bits per heavy atom. The lowest BCUT2D eigenvalue weighted by atomic mass is 9.81. The molecule has 1 unspecified atom stereocenters. The fourth-order valence-electron chi connectivity index (χ4n) is 3.39. The van der Waals surface area contributed by atoms with E-state index in [1.54, 1.807) is 0 Å². The van der Waals surface area contributed by atoms with E-state index >= 15 is 0 Å². The molecule has 1 aromatic rings. The Morgan fingerprint density at radius 1 is 1.10 bits per heavy atom. The summed E-state index contributed by atoms with van der Waals surface area (Å²) >= 11 is 1.88. The molecule has 0 amide bonds. The predicted molar refractivity (Wildman–Crippen MR) is 92.8 cm³/mol. The van der Waals surface area contributed by atoms with E-state index in [2.05, 4.69) is 42.6 Å². The molecule has 1 saturated heterocycles. The summed E-state index contributed by atoms with van der Waals surface area (Å²) in [7, 11) is 0. The maximum Gasteiger partial charge on any atom is 0.157 e. The summed E-state index contributed by atoms with van der Waals surface area (Å²) in [5, 5.41) is 4.73. The van der Waals surface area contributed by atoms with Gasteiger partial charge in [0.2, 0.25) is 0 Å². The first kappa shape index (κ1) is 15.0. The molecule has 1 heterocycles. The molecule has 2 nitrogen and oxygen atoms in total. The average molecular weight is 302 g/mol. The van der Waals surface area contributed by atoms with Crippen LogP contribution in [0.3, 0.4) is 0 Å². The number of hydrogen-bond donors (Lipinski definition) is 1. The molecule has 0 bridgehead atoms. The van der Waals surface area contributed by atoms with Gasteiger partial charge in [-0.15, -0.1) is 0 Å². The van der Waals surface area contributed by atoms with Crippen LogP contribution in [0.2, 0.25) is 0 Å². The molecule has 21 heavy (non-hydrogen) atoms. The Labute approximate surface area is 132 Å². The molecule has 3 heteroatoms. The van der Waals surface area contributed by atoms with E-state index in [1.165, 1.54) is 37.7 Å². The summed E-state index contributed by atoms with van der Waals surface area (Å²) in [6, 6.07) is 11.1. The van der Waals surface area contributed by atoms with Crippen molar-refractivity contribution in [3.8, 4) is 0 Å². The summed E-state index contributed by atoms with van der Waals surface area (Å²) in [5.41, 5.74) is 1.37. The highest BCUT2D eigenvalue weighted by atomic mass is 32.2. The summed E-state index contributed by atoms with van der Waals surface area (Å²) in [6.07, 6.45) is 6.94. The van der Waals surface area contributed by atoms with Crippen LogP contribution in [0.15, 0.2) is 35.3 Å². The quantitative estimate of drug-likeness (QED) is 0.876. The molecule has 2 aliphatic rings. The second-order valence-electron chi connectivity index (χ2n) is 6.36. The van der Waals surface area contributed by atoms with Gasteiger partial charge in [0.05, 0.1) is 6.04 Å². The normalized spacial score (nSPS) is 31.3. The predicted octanol–water partition coefficient (Wildman–Crippen LogP) is 4.64. The van der Waals surface area contributed by atoms with Gasteiger partial charge >= 0.3 is 0 Å². The fraction of sp³-hybridized carbons (Fsp3) is 0.611. The topological polar surface area (TPSA) is 24.4 Å². The third-order valence-electron chi connectivity index (χ3n) is 4.92. The standard InChI is InChI=1S/C18H26N2S/c1-2-14-8-10-15(11-9-14)12-19-18-20-17(13-21-18)16-6-4-3-5-7-16/h3-7,14-15,17H,2,8-13H2,1H3,(H,19,20). The Morgan fingerprint density at radius 2 is 1.81 bits per heavy atom. The van der Waals surface area contributed by atoms with Crippen molar-refractivity contribution in [3.63, 3.8) is 0 Å². The molecule has 1 aliphatic heterocycles. The summed E-state index contributed by atoms with van der Waals surface area (Å²) in [4.78, 5) is 4.84. The molecule has 3 rings (SSSR count). The number of rotatable bonds is 4. The highest BCUT2D eigenvalue weighted by Crippen LogP contribution is 2.31. The molecule has 1 aromatic carbocycles. The van der Waals surface area contributed by atoms with Gasteiger partial charge in [-0.25, -0.2) is 0 Å². The van der Waals surface area contributed by atoms with Crippen LogP contribution in [0.1, 0.15) is 50.6 Å². The Hall–Kier alpha value is -0.960. The number of nitrogens with one attached hydrogen (secondary N) is 1. The van der Waals surface area contributed by atoms with Gasteiger partial charge in [-0.2, -0.15) is 0 Å². The maximum absolute atomic E-state index is 4.84. The molecule has 1 N–H and O–H groups in total. The van der Waals surface area contributed by atoms with Gasteiger partial charge in [0.1, 0.15) is 0 Å². The molecule has 1 saturated carbocycles. The molecule has 0 spiro atoms. The Bertz CT molecular complexity index is 463. The van der Waals surface area contributed by atoms with Crippen molar-refractivity contribution in [2.24, 2.45) is 16.8 Å². The van der Waals surface area contributed by atoms with Crippen LogP contribution in [-0.2, 0) is 0 Å². The molecule has 0 radical (unpaired) electrons. The number of benzene rings is 1. The monoisotopic (exact) mass is 302 g/mol. The molecule has 1 atom stereocenters. The van der Waals surface area contributed by atoms with Crippen molar-refractivity contribution in [1.29, 1.82) is 0 Å². The Balaban J connectivity index is 1.48. The Kier molecular flexibility index (Phi) is 5.23. The lowest BCUT2D eigenvalue weighted by Gasteiger charge is -2.26. The SMILES string of the molecule is CCC1CCC(CN=C2NC(c3ccccc3)CS2)CC1. The molecule has 1 aliphatic carbocycles. The van der Waals surface area contributed by atoms with E-state index in [-0.39, 0.29) is 0 Å². The van der Waals surface area contributed by atoms with Crippen LogP contribution in [0.25, 0.3) is 0 Å². The molecule has 2 fully saturated rings. The van der Waals surface area contributed by atoms with E-state index in [0.29, 0.717) is 6.04 Å². The minimum atomic E-state index is 0.436. The van der Waals surface area contributed by atoms with Crippen LogP contribution in [-0.4, -0.2) is 17.5 Å². The van der Waals surface area contributed by atoms with E-state index in [1.807, 2.05) is 11.8 Å². The van der Waals surface area contributed by atoms with E-state index in [9.17, 15) is 0 Å². The van der Waals surface area contributed by atoms with Crippen molar-refractivity contribution < 1.29 is 0 Å². The third kappa shape index (κ3) is 4.03. The molecular formula is C18H26N2S. The molecule has 0 aromatic heterocycles. The van der Waals surface area contributed by atoms with Gasteiger partial charge < -0.3 is 5.32 Å². The lowest BCUT2D eigenvalue weighted by Crippen LogP contribution is -2.21. The van der Waals surface area contributed by atoms with Gasteiger partial charge in [-0.05, 0) is 30.2 Å². The zero-order valence-electron chi connectivity index (χ0n) is 12.9. The highest BCUT2D eigenvalue weighted by Gasteiger charge is 2.23. The number of nitrogens with zero attached hydrogens (tertiary/aromatic N) is 1. The van der Waals surface area contributed by atoms with E-state index < -0.39 is 0 Å². The lowest BCUT2D eigenvalue weighted by molar-refractivity contribution is 0.275. The number of hydrogen-bond acceptors (Lipinski definition) is 2. The van der Waals surface area contributed by atoms with E-state index in [4.69, 9.17) is 4.99 Å². The fourth-order valence-corrected chi connectivity index (χ4v) is 4.38. The first-order chi connectivity index (χ1) is 10.3. The smallest absolute Gasteiger partial charge is 0.157 e. The van der Waals surface area contributed by atoms with Crippen LogP contribution >= 0.6 is 11.8 Å². The van der Waals surface area contributed by atoms with Gasteiger partial charge in [-0.3, -0.25) is 4.99 Å². The average Bonchev–Trinajstić information content (AvgIpc) is 3.03. The van der Waals surface area contributed by atoms with Gasteiger partial charge in [0.15, 0.2) is 5.17 Å². The van der Waals surface area contributed by atoms with E-state index in [0.717, 1.165) is 29.3 Å². The molecule has 114 valence electrons. The minimum absolute atomic E-state index is 0.436. The first-order valence-electron chi connectivity index (χ1n) is 8.34. The number of aliphatic imine (C=N–C) groups is 1. The van der Waals surface area contributed by atoms with Crippen LogP contribution in [0.5, 0.6) is 0 Å². The van der Waals surface area contributed by atoms with Crippen LogP contribution in [0.4, 0.5) is 0 Å². The van der Waals surface area contributed by atoms with Crippen molar-refractivity contribution in [2.75, 3.05) is 12.3 Å². The van der Waals surface area contributed by atoms with Crippen molar-refractivity contribution in [1.82, 2.24) is 5.32 Å². The van der Waals surface area contributed by atoms with Gasteiger partial charge in [-0.1, -0.05) is 68.3 Å². The van der Waals surface area contributed by atoms with Crippen molar-refractivity contribution >= 4 is 16.9 Å². The maximum atomic E-state index is 4.84. The van der Waals surface area contributed by atoms with Crippen LogP contribution in [0, 0.1) is 11.8 Å². The van der Waals surface area contributed by atoms with Crippen molar-refractivity contribution in [2.45, 2.75) is 45.1 Å². The number of thioether (sulfide) groups is 1.